The van der Waals surface area contributed by atoms with Crippen LogP contribution in [0, 0.1) is 12.3 Å². The highest BCUT2D eigenvalue weighted by molar-refractivity contribution is 9.10. The van der Waals surface area contributed by atoms with Crippen LogP contribution >= 0.6 is 15.9 Å². The lowest BCUT2D eigenvalue weighted by Gasteiger charge is -2.34. The molecular formula is C17H21BrN2. The minimum absolute atomic E-state index is 0.157. The van der Waals surface area contributed by atoms with Crippen molar-refractivity contribution in [2.24, 2.45) is 11.1 Å². The Morgan fingerprint density at radius 2 is 1.90 bits per heavy atom. The van der Waals surface area contributed by atoms with Crippen LogP contribution in [0.5, 0.6) is 0 Å². The number of aromatic nitrogens is 1. The van der Waals surface area contributed by atoms with Gasteiger partial charge in [0.1, 0.15) is 0 Å². The molecule has 20 heavy (non-hydrogen) atoms. The quantitative estimate of drug-likeness (QED) is 0.817. The van der Waals surface area contributed by atoms with Crippen LogP contribution in [0.15, 0.2) is 34.8 Å². The number of nitrogens with two attached hydrogens (primary N) is 1. The monoisotopic (exact) mass is 332 g/mol. The number of aryl methyl sites for hydroxylation is 1. The van der Waals surface area contributed by atoms with E-state index < -0.39 is 0 Å². The van der Waals surface area contributed by atoms with Gasteiger partial charge in [-0.3, -0.25) is 0 Å². The van der Waals surface area contributed by atoms with Gasteiger partial charge in [0.2, 0.25) is 0 Å². The van der Waals surface area contributed by atoms with Crippen molar-refractivity contribution >= 4 is 15.9 Å². The SMILES string of the molecule is Cc1cc2c(n1-c1ccc(Br)cc1)CC(C)(C)CC2N. The summed E-state index contributed by atoms with van der Waals surface area (Å²) in [7, 11) is 0. The molecule has 2 aromatic rings. The molecule has 1 unspecified atom stereocenters. The summed E-state index contributed by atoms with van der Waals surface area (Å²) in [4.78, 5) is 0. The zero-order valence-electron chi connectivity index (χ0n) is 12.3. The Labute approximate surface area is 129 Å². The molecule has 3 rings (SSSR count). The van der Waals surface area contributed by atoms with Gasteiger partial charge in [0.05, 0.1) is 0 Å². The normalized spacial score (nSPS) is 20.8. The number of rotatable bonds is 1. The lowest BCUT2D eigenvalue weighted by molar-refractivity contribution is 0.278. The van der Waals surface area contributed by atoms with E-state index in [9.17, 15) is 0 Å². The first kappa shape index (κ1) is 13.9. The molecule has 3 heteroatoms. The van der Waals surface area contributed by atoms with E-state index in [2.05, 4.69) is 71.6 Å². The number of benzene rings is 1. The molecule has 106 valence electrons. The third kappa shape index (κ3) is 2.33. The average Bonchev–Trinajstić information content (AvgIpc) is 2.66. The lowest BCUT2D eigenvalue weighted by atomic mass is 9.74. The maximum Gasteiger partial charge on any atom is 0.0455 e. The summed E-state index contributed by atoms with van der Waals surface area (Å²) in [5.41, 5.74) is 11.8. The van der Waals surface area contributed by atoms with E-state index >= 15 is 0 Å². The van der Waals surface area contributed by atoms with Crippen LogP contribution in [0.1, 0.15) is 43.3 Å². The van der Waals surface area contributed by atoms with Crippen LogP contribution in [0.4, 0.5) is 0 Å². The summed E-state index contributed by atoms with van der Waals surface area (Å²) in [6.45, 7) is 6.79. The molecule has 0 radical (unpaired) electrons. The Kier molecular flexibility index (Phi) is 3.30. The van der Waals surface area contributed by atoms with Crippen molar-refractivity contribution in [3.05, 3.63) is 51.8 Å². The number of fused-ring (bicyclic) bond motifs is 1. The third-order valence-electron chi connectivity index (χ3n) is 4.22. The van der Waals surface area contributed by atoms with Crippen molar-refractivity contribution < 1.29 is 0 Å². The highest BCUT2D eigenvalue weighted by Crippen LogP contribution is 2.41. The van der Waals surface area contributed by atoms with Crippen molar-refractivity contribution in [2.45, 2.75) is 39.7 Å². The Morgan fingerprint density at radius 3 is 2.55 bits per heavy atom. The van der Waals surface area contributed by atoms with E-state index in [0.717, 1.165) is 17.3 Å². The molecular weight excluding hydrogens is 312 g/mol. The molecule has 0 aliphatic heterocycles. The zero-order valence-corrected chi connectivity index (χ0v) is 13.9. The molecule has 1 aromatic heterocycles. The van der Waals surface area contributed by atoms with Crippen molar-refractivity contribution in [3.63, 3.8) is 0 Å². The fraction of sp³-hybridized carbons (Fsp3) is 0.412. The fourth-order valence-corrected chi connectivity index (χ4v) is 3.66. The molecule has 1 heterocycles. The first-order chi connectivity index (χ1) is 9.37. The molecule has 0 saturated heterocycles. The molecule has 0 spiro atoms. The molecule has 0 saturated carbocycles. The molecule has 2 nitrogen and oxygen atoms in total. The van der Waals surface area contributed by atoms with Gasteiger partial charge in [-0.1, -0.05) is 29.8 Å². The van der Waals surface area contributed by atoms with E-state index in [1.54, 1.807) is 0 Å². The predicted octanol–water partition coefficient (Wildman–Crippen LogP) is 4.52. The van der Waals surface area contributed by atoms with Gasteiger partial charge in [-0.25, -0.2) is 0 Å². The molecule has 0 amide bonds. The Hall–Kier alpha value is -1.06. The summed E-state index contributed by atoms with van der Waals surface area (Å²) in [6.07, 6.45) is 2.14. The topological polar surface area (TPSA) is 30.9 Å². The second-order valence-electron chi connectivity index (χ2n) is 6.65. The Bertz CT molecular complexity index is 638. The first-order valence-electron chi connectivity index (χ1n) is 7.10. The molecule has 2 N–H and O–H groups in total. The van der Waals surface area contributed by atoms with Gasteiger partial charge >= 0.3 is 0 Å². The van der Waals surface area contributed by atoms with Gasteiger partial charge in [0.25, 0.3) is 0 Å². The highest BCUT2D eigenvalue weighted by atomic mass is 79.9. The van der Waals surface area contributed by atoms with E-state index in [0.29, 0.717) is 0 Å². The molecule has 1 aliphatic carbocycles. The summed E-state index contributed by atoms with van der Waals surface area (Å²) in [6, 6.07) is 10.9. The van der Waals surface area contributed by atoms with Crippen LogP contribution in [-0.2, 0) is 6.42 Å². The van der Waals surface area contributed by atoms with Crippen LogP contribution in [0.25, 0.3) is 5.69 Å². The average molecular weight is 333 g/mol. The van der Waals surface area contributed by atoms with Crippen molar-refractivity contribution in [1.29, 1.82) is 0 Å². The minimum Gasteiger partial charge on any atom is -0.324 e. The van der Waals surface area contributed by atoms with Crippen LogP contribution in [0.3, 0.4) is 0 Å². The second kappa shape index (κ2) is 4.74. The van der Waals surface area contributed by atoms with Crippen LogP contribution in [0.2, 0.25) is 0 Å². The van der Waals surface area contributed by atoms with E-state index in [1.807, 2.05) is 0 Å². The predicted molar refractivity (Wildman–Crippen MR) is 87.2 cm³/mol. The van der Waals surface area contributed by atoms with Gasteiger partial charge in [-0.15, -0.1) is 0 Å². The molecule has 1 atom stereocenters. The van der Waals surface area contributed by atoms with Gasteiger partial charge in [0.15, 0.2) is 0 Å². The summed E-state index contributed by atoms with van der Waals surface area (Å²) in [5, 5.41) is 0. The fourth-order valence-electron chi connectivity index (χ4n) is 3.40. The van der Waals surface area contributed by atoms with E-state index in [1.165, 1.54) is 22.6 Å². The number of hydrogen-bond acceptors (Lipinski definition) is 1. The van der Waals surface area contributed by atoms with E-state index in [4.69, 9.17) is 5.73 Å². The zero-order chi connectivity index (χ0) is 14.5. The van der Waals surface area contributed by atoms with Crippen molar-refractivity contribution in [2.75, 3.05) is 0 Å². The van der Waals surface area contributed by atoms with Crippen LogP contribution in [-0.4, -0.2) is 4.57 Å². The van der Waals surface area contributed by atoms with Crippen molar-refractivity contribution in [3.8, 4) is 5.69 Å². The Morgan fingerprint density at radius 1 is 1.25 bits per heavy atom. The molecule has 1 aliphatic rings. The number of hydrogen-bond donors (Lipinski definition) is 1. The van der Waals surface area contributed by atoms with Gasteiger partial charge < -0.3 is 10.3 Å². The summed E-state index contributed by atoms with van der Waals surface area (Å²) >= 11 is 3.50. The lowest BCUT2D eigenvalue weighted by Crippen LogP contribution is -2.30. The number of nitrogens with zero attached hydrogens (tertiary/aromatic N) is 1. The van der Waals surface area contributed by atoms with Crippen molar-refractivity contribution in [1.82, 2.24) is 4.57 Å². The summed E-state index contributed by atoms with van der Waals surface area (Å²) < 4.78 is 3.47. The summed E-state index contributed by atoms with van der Waals surface area (Å²) in [5.74, 6) is 0. The minimum atomic E-state index is 0.157. The number of halogens is 1. The standard InChI is InChI=1S/C17H21BrN2/c1-11-8-14-15(19)9-17(2,3)10-16(14)20(11)13-6-4-12(18)5-7-13/h4-8,15H,9-10,19H2,1-3H3. The van der Waals surface area contributed by atoms with Gasteiger partial charge in [-0.05, 0) is 61.1 Å². The van der Waals surface area contributed by atoms with Gasteiger partial charge in [0, 0.05) is 27.6 Å². The first-order valence-corrected chi connectivity index (χ1v) is 7.89. The maximum absolute atomic E-state index is 6.39. The van der Waals surface area contributed by atoms with E-state index in [-0.39, 0.29) is 11.5 Å². The van der Waals surface area contributed by atoms with Gasteiger partial charge in [-0.2, -0.15) is 0 Å². The highest BCUT2D eigenvalue weighted by Gasteiger charge is 2.33. The largest absolute Gasteiger partial charge is 0.324 e. The second-order valence-corrected chi connectivity index (χ2v) is 7.57. The van der Waals surface area contributed by atoms with Crippen LogP contribution < -0.4 is 5.73 Å². The molecule has 0 fully saturated rings. The molecule has 1 aromatic carbocycles. The Balaban J connectivity index is 2.16. The smallest absolute Gasteiger partial charge is 0.0455 e. The molecule has 0 bridgehead atoms. The maximum atomic E-state index is 6.39. The third-order valence-corrected chi connectivity index (χ3v) is 4.75.